The summed E-state index contributed by atoms with van der Waals surface area (Å²) in [5, 5.41) is 3.58. The Hall–Kier alpha value is -3.16. The van der Waals surface area contributed by atoms with Gasteiger partial charge in [0.05, 0.1) is 12.7 Å². The van der Waals surface area contributed by atoms with Crippen LogP contribution in [0, 0.1) is 6.92 Å². The Labute approximate surface area is 198 Å². The quantitative estimate of drug-likeness (QED) is 0.569. The second-order valence-corrected chi connectivity index (χ2v) is 8.63. The van der Waals surface area contributed by atoms with Crippen molar-refractivity contribution in [1.82, 2.24) is 14.8 Å². The molecule has 2 heterocycles. The number of aromatic nitrogens is 1. The number of aryl methyl sites for hydroxylation is 2. The summed E-state index contributed by atoms with van der Waals surface area (Å²) >= 11 is 5.92. The van der Waals surface area contributed by atoms with Gasteiger partial charge in [-0.1, -0.05) is 29.3 Å². The normalized spacial score (nSPS) is 14.3. The number of carbonyl (C=O) groups is 2. The summed E-state index contributed by atoms with van der Waals surface area (Å²) in [7, 11) is 0. The maximum Gasteiger partial charge on any atom is 0.238 e. The van der Waals surface area contributed by atoms with Crippen molar-refractivity contribution in [2.75, 3.05) is 38.0 Å². The molecule has 0 radical (unpaired) electrons. The highest BCUT2D eigenvalue weighted by molar-refractivity contribution is 6.30. The lowest BCUT2D eigenvalue weighted by Crippen LogP contribution is -2.50. The number of oxazole rings is 1. The van der Waals surface area contributed by atoms with E-state index in [1.165, 1.54) is 0 Å². The first-order chi connectivity index (χ1) is 16.0. The molecular formula is C25H27ClN4O3. The fraction of sp³-hybridized carbons (Fsp3) is 0.320. The summed E-state index contributed by atoms with van der Waals surface area (Å²) in [5.41, 5.74) is 2.84. The third-order valence-electron chi connectivity index (χ3n) is 5.66. The van der Waals surface area contributed by atoms with Crippen LogP contribution in [0.15, 0.2) is 59.1 Å². The van der Waals surface area contributed by atoms with Crippen LogP contribution in [0.4, 0.5) is 5.69 Å². The van der Waals surface area contributed by atoms with E-state index in [0.717, 1.165) is 16.8 Å². The standard InChI is InChI=1S/C25H27ClN4O3/c1-18-2-8-21(9-3-18)28-23(31)17-29-12-14-30(15-13-29)25(32)11-10-24-27-16-22(33-24)19-4-6-20(26)7-5-19/h2-9,16H,10-15,17H2,1H3,(H,28,31). The van der Waals surface area contributed by atoms with Crippen LogP contribution < -0.4 is 5.32 Å². The van der Waals surface area contributed by atoms with Crippen molar-refractivity contribution >= 4 is 29.1 Å². The van der Waals surface area contributed by atoms with E-state index in [1.807, 2.05) is 48.2 Å². The van der Waals surface area contributed by atoms with Crippen LogP contribution in [0.1, 0.15) is 17.9 Å². The smallest absolute Gasteiger partial charge is 0.238 e. The van der Waals surface area contributed by atoms with Gasteiger partial charge in [-0.2, -0.15) is 0 Å². The first-order valence-corrected chi connectivity index (χ1v) is 11.4. The van der Waals surface area contributed by atoms with E-state index in [1.54, 1.807) is 18.3 Å². The molecule has 8 heteroatoms. The van der Waals surface area contributed by atoms with E-state index < -0.39 is 0 Å². The number of anilines is 1. The van der Waals surface area contributed by atoms with Gasteiger partial charge in [0.25, 0.3) is 0 Å². The van der Waals surface area contributed by atoms with E-state index in [-0.39, 0.29) is 11.8 Å². The Bertz CT molecular complexity index is 1090. The van der Waals surface area contributed by atoms with Crippen molar-refractivity contribution in [1.29, 1.82) is 0 Å². The average molecular weight is 467 g/mol. The van der Waals surface area contributed by atoms with Gasteiger partial charge in [-0.25, -0.2) is 4.98 Å². The molecule has 0 saturated carbocycles. The highest BCUT2D eigenvalue weighted by atomic mass is 35.5. The Morgan fingerprint density at radius 1 is 1.03 bits per heavy atom. The molecule has 0 unspecified atom stereocenters. The number of halogens is 1. The lowest BCUT2D eigenvalue weighted by Gasteiger charge is -2.34. The summed E-state index contributed by atoms with van der Waals surface area (Å²) in [6.07, 6.45) is 2.46. The Balaban J connectivity index is 1.19. The van der Waals surface area contributed by atoms with Gasteiger partial charge in [0.1, 0.15) is 0 Å². The molecule has 0 spiro atoms. The molecule has 1 aliphatic heterocycles. The fourth-order valence-corrected chi connectivity index (χ4v) is 3.87. The zero-order valence-corrected chi connectivity index (χ0v) is 19.3. The molecule has 4 rings (SSSR count). The van der Waals surface area contributed by atoms with Gasteiger partial charge < -0.3 is 14.6 Å². The van der Waals surface area contributed by atoms with Gasteiger partial charge in [0.15, 0.2) is 11.7 Å². The monoisotopic (exact) mass is 466 g/mol. The molecule has 2 aromatic carbocycles. The second kappa shape index (κ2) is 10.6. The molecule has 1 aromatic heterocycles. The van der Waals surface area contributed by atoms with E-state index in [9.17, 15) is 9.59 Å². The Kier molecular flexibility index (Phi) is 7.42. The van der Waals surface area contributed by atoms with Gasteiger partial charge >= 0.3 is 0 Å². The van der Waals surface area contributed by atoms with Gasteiger partial charge in [-0.15, -0.1) is 0 Å². The molecule has 7 nitrogen and oxygen atoms in total. The van der Waals surface area contributed by atoms with Crippen molar-refractivity contribution in [3.05, 3.63) is 71.2 Å². The first kappa shape index (κ1) is 23.0. The van der Waals surface area contributed by atoms with Crippen LogP contribution in [-0.4, -0.2) is 59.3 Å². The summed E-state index contributed by atoms with van der Waals surface area (Å²) in [6, 6.07) is 15.1. The maximum absolute atomic E-state index is 12.6. The number of amides is 2. The second-order valence-electron chi connectivity index (χ2n) is 8.20. The minimum atomic E-state index is -0.0426. The van der Waals surface area contributed by atoms with Crippen LogP contribution in [0.2, 0.25) is 5.02 Å². The molecule has 0 bridgehead atoms. The molecule has 172 valence electrons. The Morgan fingerprint density at radius 2 is 1.73 bits per heavy atom. The van der Waals surface area contributed by atoms with Crippen molar-refractivity contribution < 1.29 is 14.0 Å². The number of rotatable bonds is 7. The molecule has 1 fully saturated rings. The largest absolute Gasteiger partial charge is 0.441 e. The third kappa shape index (κ3) is 6.43. The molecular weight excluding hydrogens is 440 g/mol. The van der Waals surface area contributed by atoms with E-state index in [2.05, 4.69) is 15.2 Å². The van der Waals surface area contributed by atoms with E-state index >= 15 is 0 Å². The summed E-state index contributed by atoms with van der Waals surface area (Å²) in [6.45, 7) is 4.89. The number of piperazine rings is 1. The highest BCUT2D eigenvalue weighted by Crippen LogP contribution is 2.23. The third-order valence-corrected chi connectivity index (χ3v) is 5.91. The number of carbonyl (C=O) groups excluding carboxylic acids is 2. The molecule has 0 aliphatic carbocycles. The van der Waals surface area contributed by atoms with Gasteiger partial charge in [-0.3, -0.25) is 14.5 Å². The van der Waals surface area contributed by atoms with Gasteiger partial charge in [0.2, 0.25) is 11.8 Å². The van der Waals surface area contributed by atoms with Crippen molar-refractivity contribution in [3.63, 3.8) is 0 Å². The average Bonchev–Trinajstić information content (AvgIpc) is 3.29. The lowest BCUT2D eigenvalue weighted by molar-refractivity contribution is -0.133. The number of hydrogen-bond acceptors (Lipinski definition) is 5. The molecule has 1 N–H and O–H groups in total. The van der Waals surface area contributed by atoms with Crippen LogP contribution in [-0.2, 0) is 16.0 Å². The maximum atomic E-state index is 12.6. The first-order valence-electron chi connectivity index (χ1n) is 11.0. The van der Waals surface area contributed by atoms with E-state index in [0.29, 0.717) is 62.2 Å². The number of hydrogen-bond donors (Lipinski definition) is 1. The van der Waals surface area contributed by atoms with Crippen molar-refractivity contribution in [2.45, 2.75) is 19.8 Å². The zero-order chi connectivity index (χ0) is 23.2. The Morgan fingerprint density at radius 3 is 2.42 bits per heavy atom. The summed E-state index contributed by atoms with van der Waals surface area (Å²) < 4.78 is 5.79. The summed E-state index contributed by atoms with van der Waals surface area (Å²) in [5.74, 6) is 1.23. The number of benzene rings is 2. The molecule has 1 aliphatic rings. The van der Waals surface area contributed by atoms with Crippen molar-refractivity contribution in [2.24, 2.45) is 0 Å². The molecule has 33 heavy (non-hydrogen) atoms. The molecule has 2 amide bonds. The molecule has 0 atom stereocenters. The lowest BCUT2D eigenvalue weighted by atomic mass is 10.2. The molecule has 1 saturated heterocycles. The summed E-state index contributed by atoms with van der Waals surface area (Å²) in [4.78, 5) is 33.1. The van der Waals surface area contributed by atoms with Crippen LogP contribution in [0.5, 0.6) is 0 Å². The number of nitrogens with one attached hydrogen (secondary N) is 1. The van der Waals surface area contributed by atoms with Crippen LogP contribution >= 0.6 is 11.6 Å². The van der Waals surface area contributed by atoms with E-state index in [4.69, 9.17) is 16.0 Å². The van der Waals surface area contributed by atoms with Crippen molar-refractivity contribution in [3.8, 4) is 11.3 Å². The highest BCUT2D eigenvalue weighted by Gasteiger charge is 2.22. The van der Waals surface area contributed by atoms with Gasteiger partial charge in [-0.05, 0) is 43.3 Å². The van der Waals surface area contributed by atoms with Crippen LogP contribution in [0.3, 0.4) is 0 Å². The van der Waals surface area contributed by atoms with Gasteiger partial charge in [0, 0.05) is 55.3 Å². The number of nitrogens with zero attached hydrogens (tertiary/aromatic N) is 3. The molecule has 3 aromatic rings. The predicted octanol–water partition coefficient (Wildman–Crippen LogP) is 4.02. The topological polar surface area (TPSA) is 78.7 Å². The fourth-order valence-electron chi connectivity index (χ4n) is 3.74. The minimum Gasteiger partial charge on any atom is -0.441 e. The zero-order valence-electron chi connectivity index (χ0n) is 18.6. The minimum absolute atomic E-state index is 0.0426. The predicted molar refractivity (Wildman–Crippen MR) is 128 cm³/mol. The van der Waals surface area contributed by atoms with Crippen LogP contribution in [0.25, 0.3) is 11.3 Å². The SMILES string of the molecule is Cc1ccc(NC(=O)CN2CCN(C(=O)CCc3ncc(-c4ccc(Cl)cc4)o3)CC2)cc1.